The number of halogens is 2. The fraction of sp³-hybridized carbons (Fsp3) is 0.240. The number of nitrogens with zero attached hydrogens (tertiary/aromatic N) is 2. The van der Waals surface area contributed by atoms with Crippen LogP contribution in [0.1, 0.15) is 18.1 Å². The maximum absolute atomic E-state index is 6.47. The molecule has 5 heteroatoms. The summed E-state index contributed by atoms with van der Waals surface area (Å²) < 4.78 is 5.34. The van der Waals surface area contributed by atoms with Crippen LogP contribution in [0.3, 0.4) is 0 Å². The molecule has 0 fully saturated rings. The Morgan fingerprint density at radius 1 is 1.03 bits per heavy atom. The zero-order chi connectivity index (χ0) is 20.8. The number of aromatic nitrogens is 1. The highest BCUT2D eigenvalue weighted by molar-refractivity contribution is 6.37. The minimum Gasteiger partial charge on any atom is -0.494 e. The first-order valence-electron chi connectivity index (χ1n) is 10.2. The van der Waals surface area contributed by atoms with Gasteiger partial charge in [0.15, 0.2) is 5.75 Å². The molecule has 0 bridgehead atoms. The highest BCUT2D eigenvalue weighted by Crippen LogP contribution is 2.41. The van der Waals surface area contributed by atoms with Gasteiger partial charge in [0, 0.05) is 24.0 Å². The normalized spacial score (nSPS) is 14.3. The molecule has 0 spiro atoms. The first kappa shape index (κ1) is 19.6. The Bertz CT molecular complexity index is 1260. The van der Waals surface area contributed by atoms with Crippen molar-refractivity contribution in [1.82, 2.24) is 9.88 Å². The molecule has 30 heavy (non-hydrogen) atoms. The Balaban J connectivity index is 1.84. The van der Waals surface area contributed by atoms with E-state index in [1.807, 2.05) is 12.1 Å². The predicted molar refractivity (Wildman–Crippen MR) is 126 cm³/mol. The van der Waals surface area contributed by atoms with Gasteiger partial charge in [0.05, 0.1) is 28.4 Å². The Hall–Kier alpha value is -2.33. The number of rotatable bonds is 3. The number of fused-ring (bicyclic) bond motifs is 5. The summed E-state index contributed by atoms with van der Waals surface area (Å²) in [6.07, 6.45) is 1.00. The van der Waals surface area contributed by atoms with E-state index in [9.17, 15) is 0 Å². The molecular formula is C25H22Cl2N2O. The van der Waals surface area contributed by atoms with Crippen molar-refractivity contribution in [1.29, 1.82) is 0 Å². The van der Waals surface area contributed by atoms with E-state index in [0.29, 0.717) is 15.8 Å². The van der Waals surface area contributed by atoms with Gasteiger partial charge in [0.2, 0.25) is 0 Å². The van der Waals surface area contributed by atoms with Gasteiger partial charge in [-0.15, -0.1) is 0 Å². The minimum atomic E-state index is 0.498. The van der Waals surface area contributed by atoms with Crippen LogP contribution in [-0.2, 0) is 13.0 Å². The van der Waals surface area contributed by atoms with Crippen molar-refractivity contribution in [3.8, 4) is 17.0 Å². The van der Waals surface area contributed by atoms with Gasteiger partial charge in [-0.05, 0) is 53.1 Å². The Kier molecular flexibility index (Phi) is 5.06. The van der Waals surface area contributed by atoms with E-state index in [0.717, 1.165) is 42.8 Å². The molecule has 0 saturated heterocycles. The van der Waals surface area contributed by atoms with E-state index in [4.69, 9.17) is 32.9 Å². The average molecular weight is 437 g/mol. The van der Waals surface area contributed by atoms with Crippen LogP contribution >= 0.6 is 23.2 Å². The second kappa shape index (κ2) is 7.73. The van der Waals surface area contributed by atoms with Crippen molar-refractivity contribution < 1.29 is 4.74 Å². The van der Waals surface area contributed by atoms with Crippen LogP contribution in [0.2, 0.25) is 10.0 Å². The van der Waals surface area contributed by atoms with Crippen LogP contribution in [0.15, 0.2) is 48.5 Å². The Morgan fingerprint density at radius 3 is 2.53 bits per heavy atom. The van der Waals surface area contributed by atoms with Gasteiger partial charge in [-0.2, -0.15) is 0 Å². The van der Waals surface area contributed by atoms with E-state index in [2.05, 4.69) is 48.2 Å². The first-order chi connectivity index (χ1) is 14.6. The summed E-state index contributed by atoms with van der Waals surface area (Å²) in [4.78, 5) is 7.59. The van der Waals surface area contributed by atoms with Crippen LogP contribution in [0.25, 0.3) is 32.9 Å². The summed E-state index contributed by atoms with van der Waals surface area (Å²) in [5.74, 6) is 0.498. The number of pyridine rings is 1. The van der Waals surface area contributed by atoms with E-state index >= 15 is 0 Å². The van der Waals surface area contributed by atoms with Gasteiger partial charge >= 0.3 is 0 Å². The fourth-order valence-corrected chi connectivity index (χ4v) is 5.21. The highest BCUT2D eigenvalue weighted by atomic mass is 35.5. The topological polar surface area (TPSA) is 25.4 Å². The van der Waals surface area contributed by atoms with Crippen molar-refractivity contribution in [3.63, 3.8) is 0 Å². The summed E-state index contributed by atoms with van der Waals surface area (Å²) in [5, 5.41) is 4.78. The quantitative estimate of drug-likeness (QED) is 0.332. The van der Waals surface area contributed by atoms with Crippen LogP contribution in [0, 0.1) is 0 Å². The molecule has 0 radical (unpaired) electrons. The molecule has 0 saturated carbocycles. The zero-order valence-electron chi connectivity index (χ0n) is 17.0. The SMILES string of the molecule is CCN1CCc2c(c(-c3cc(Cl)c(OC)c(Cl)c3)nc3ccc4ccccc4c23)C1. The molecular weight excluding hydrogens is 415 g/mol. The van der Waals surface area contributed by atoms with Gasteiger partial charge in [-0.3, -0.25) is 4.90 Å². The molecule has 0 amide bonds. The van der Waals surface area contributed by atoms with Gasteiger partial charge in [-0.1, -0.05) is 60.5 Å². The monoisotopic (exact) mass is 436 g/mol. The molecule has 4 aromatic rings. The van der Waals surface area contributed by atoms with Crippen molar-refractivity contribution in [2.24, 2.45) is 0 Å². The Morgan fingerprint density at radius 2 is 1.80 bits per heavy atom. The van der Waals surface area contributed by atoms with Crippen LogP contribution < -0.4 is 4.74 Å². The summed E-state index contributed by atoms with van der Waals surface area (Å²) in [6, 6.07) is 16.6. The van der Waals surface area contributed by atoms with Crippen LogP contribution in [0.5, 0.6) is 5.75 Å². The number of hydrogen-bond donors (Lipinski definition) is 0. The minimum absolute atomic E-state index is 0.498. The third-order valence-electron chi connectivity index (χ3n) is 6.07. The molecule has 0 atom stereocenters. The van der Waals surface area contributed by atoms with Crippen molar-refractivity contribution in [2.75, 3.05) is 20.2 Å². The second-order valence-electron chi connectivity index (χ2n) is 7.69. The highest BCUT2D eigenvalue weighted by Gasteiger charge is 2.24. The van der Waals surface area contributed by atoms with Crippen molar-refractivity contribution in [2.45, 2.75) is 19.9 Å². The molecule has 3 aromatic carbocycles. The number of hydrogen-bond acceptors (Lipinski definition) is 3. The van der Waals surface area contributed by atoms with Gasteiger partial charge in [-0.25, -0.2) is 4.98 Å². The molecule has 0 unspecified atom stereocenters. The molecule has 5 rings (SSSR count). The predicted octanol–water partition coefficient (Wildman–Crippen LogP) is 6.75. The summed E-state index contributed by atoms with van der Waals surface area (Å²) >= 11 is 12.9. The summed E-state index contributed by atoms with van der Waals surface area (Å²) in [5.41, 5.74) is 5.55. The van der Waals surface area contributed by atoms with E-state index < -0.39 is 0 Å². The maximum Gasteiger partial charge on any atom is 0.156 e. The zero-order valence-corrected chi connectivity index (χ0v) is 18.5. The summed E-state index contributed by atoms with van der Waals surface area (Å²) in [7, 11) is 1.58. The fourth-order valence-electron chi connectivity index (χ4n) is 4.57. The second-order valence-corrected chi connectivity index (χ2v) is 8.50. The molecule has 1 aliphatic heterocycles. The average Bonchev–Trinajstić information content (AvgIpc) is 2.77. The number of benzene rings is 3. The lowest BCUT2D eigenvalue weighted by Gasteiger charge is -2.30. The molecule has 1 aromatic heterocycles. The number of ether oxygens (including phenoxy) is 1. The molecule has 152 valence electrons. The lowest BCUT2D eigenvalue weighted by molar-refractivity contribution is 0.269. The third kappa shape index (κ3) is 3.13. The standard InChI is InChI=1S/C25H22Cl2N2O/c1-3-29-11-10-18-19(14-29)24(16-12-20(26)25(30-2)21(27)13-16)28-22-9-8-15-6-4-5-7-17(15)23(18)22/h4-9,12-13H,3,10-11,14H2,1-2H3. The first-order valence-corrected chi connectivity index (χ1v) is 10.9. The molecule has 1 aliphatic rings. The van der Waals surface area contributed by atoms with E-state index in [-0.39, 0.29) is 0 Å². The smallest absolute Gasteiger partial charge is 0.156 e. The Labute approximate surface area is 186 Å². The van der Waals surface area contributed by atoms with Gasteiger partial charge in [0.1, 0.15) is 0 Å². The van der Waals surface area contributed by atoms with Crippen molar-refractivity contribution >= 4 is 44.9 Å². The van der Waals surface area contributed by atoms with E-state index in [1.165, 1.54) is 27.3 Å². The lowest BCUT2D eigenvalue weighted by atomic mass is 9.89. The van der Waals surface area contributed by atoms with Crippen LogP contribution in [0.4, 0.5) is 0 Å². The molecule has 2 heterocycles. The maximum atomic E-state index is 6.47. The van der Waals surface area contributed by atoms with Gasteiger partial charge in [0.25, 0.3) is 0 Å². The summed E-state index contributed by atoms with van der Waals surface area (Å²) in [6.45, 7) is 5.14. The molecule has 0 aliphatic carbocycles. The lowest BCUT2D eigenvalue weighted by Crippen LogP contribution is -2.31. The third-order valence-corrected chi connectivity index (χ3v) is 6.64. The number of likely N-dealkylation sites (N-methyl/N-ethyl adjacent to an activating group) is 1. The molecule has 3 nitrogen and oxygen atoms in total. The van der Waals surface area contributed by atoms with Gasteiger partial charge < -0.3 is 4.74 Å². The molecule has 0 N–H and O–H groups in total. The van der Waals surface area contributed by atoms with Crippen molar-refractivity contribution in [3.05, 3.63) is 69.7 Å². The number of methoxy groups -OCH3 is 1. The van der Waals surface area contributed by atoms with Crippen LogP contribution in [-0.4, -0.2) is 30.1 Å². The van der Waals surface area contributed by atoms with E-state index in [1.54, 1.807) is 7.11 Å². The largest absolute Gasteiger partial charge is 0.494 e.